The average Bonchev–Trinajstić information content (AvgIpc) is 2.61. The molecule has 0 radical (unpaired) electrons. The maximum Gasteiger partial charge on any atom is 0.114 e. The summed E-state index contributed by atoms with van der Waals surface area (Å²) in [7, 11) is 0. The molecule has 2 aromatic heterocycles. The van der Waals surface area contributed by atoms with Gasteiger partial charge in [-0.3, -0.25) is 9.38 Å². The van der Waals surface area contributed by atoms with E-state index in [1.54, 1.807) is 0 Å². The van der Waals surface area contributed by atoms with Crippen molar-refractivity contribution in [1.82, 2.24) is 9.38 Å². The van der Waals surface area contributed by atoms with Gasteiger partial charge in [-0.25, -0.2) is 0 Å². The number of aromatic nitrogens is 2. The predicted molar refractivity (Wildman–Crippen MR) is 57.7 cm³/mol. The van der Waals surface area contributed by atoms with Crippen molar-refractivity contribution < 1.29 is 0 Å². The molecule has 0 aliphatic carbocycles. The first-order valence-corrected chi connectivity index (χ1v) is 4.75. The molecule has 68 valence electrons. The number of para-hydroxylation sites is 2. The molecule has 3 rings (SSSR count). The molecular weight excluding hydrogens is 196 g/mol. The Bertz CT molecular complexity index is 613. The molecule has 0 fully saturated rings. The fourth-order valence-electron chi connectivity index (χ4n) is 1.68. The zero-order valence-electron chi connectivity index (χ0n) is 7.31. The lowest BCUT2D eigenvalue weighted by atomic mass is 10.3. The highest BCUT2D eigenvalue weighted by atomic mass is 35.5. The van der Waals surface area contributed by atoms with E-state index in [1.165, 1.54) is 0 Å². The number of fused-ring (bicyclic) bond motifs is 3. The predicted octanol–water partition coefficient (Wildman–Crippen LogP) is 3.14. The van der Waals surface area contributed by atoms with Crippen LogP contribution in [0.4, 0.5) is 0 Å². The first-order valence-electron chi connectivity index (χ1n) is 4.37. The number of hydrogen-bond acceptors (Lipinski definition) is 1. The molecule has 0 atom stereocenters. The largest absolute Gasteiger partial charge is 0.297 e. The molecule has 0 N–H and O–H groups in total. The van der Waals surface area contributed by atoms with Crippen molar-refractivity contribution in [2.45, 2.75) is 0 Å². The molecule has 3 aromatic rings. The Morgan fingerprint density at radius 2 is 1.93 bits per heavy atom. The molecule has 0 saturated heterocycles. The van der Waals surface area contributed by atoms with E-state index in [9.17, 15) is 0 Å². The van der Waals surface area contributed by atoms with Gasteiger partial charge in [-0.15, -0.1) is 0 Å². The zero-order valence-corrected chi connectivity index (χ0v) is 8.07. The number of nitrogens with zero attached hydrogens (tertiary/aromatic N) is 2. The Kier molecular flexibility index (Phi) is 1.52. The second kappa shape index (κ2) is 2.72. The van der Waals surface area contributed by atoms with Crippen LogP contribution in [0.25, 0.3) is 16.6 Å². The molecule has 0 spiro atoms. The van der Waals surface area contributed by atoms with Crippen molar-refractivity contribution in [2.75, 3.05) is 0 Å². The number of hydrogen-bond donors (Lipinski definition) is 0. The molecule has 2 heterocycles. The molecule has 0 amide bonds. The van der Waals surface area contributed by atoms with Crippen molar-refractivity contribution in [2.24, 2.45) is 0 Å². The maximum atomic E-state index is 6.09. The standard InChI is InChI=1S/C11H7ClN2/c12-11-6-5-8-7-13-9-3-1-2-4-10(9)14(8)11/h1-7H. The van der Waals surface area contributed by atoms with Crippen molar-refractivity contribution >= 4 is 28.2 Å². The summed E-state index contributed by atoms with van der Waals surface area (Å²) in [5.41, 5.74) is 3.02. The minimum absolute atomic E-state index is 0.721. The van der Waals surface area contributed by atoms with Crippen molar-refractivity contribution in [3.8, 4) is 0 Å². The molecule has 0 aliphatic rings. The lowest BCUT2D eigenvalue weighted by Crippen LogP contribution is -1.89. The number of rotatable bonds is 0. The van der Waals surface area contributed by atoms with E-state index in [1.807, 2.05) is 47.0 Å². The smallest absolute Gasteiger partial charge is 0.114 e. The Labute approximate surface area is 85.8 Å². The van der Waals surface area contributed by atoms with E-state index in [0.717, 1.165) is 21.7 Å². The van der Waals surface area contributed by atoms with Gasteiger partial charge in [0.1, 0.15) is 5.15 Å². The molecule has 0 bridgehead atoms. The highest BCUT2D eigenvalue weighted by Gasteiger charge is 2.03. The third-order valence-corrected chi connectivity index (χ3v) is 2.62. The van der Waals surface area contributed by atoms with Crippen LogP contribution in [-0.4, -0.2) is 9.38 Å². The van der Waals surface area contributed by atoms with Crippen LogP contribution in [0.15, 0.2) is 42.6 Å². The average molecular weight is 203 g/mol. The van der Waals surface area contributed by atoms with Gasteiger partial charge in [-0.1, -0.05) is 23.7 Å². The summed E-state index contributed by atoms with van der Waals surface area (Å²) in [6.07, 6.45) is 1.83. The minimum atomic E-state index is 0.721. The van der Waals surface area contributed by atoms with Crippen molar-refractivity contribution in [3.63, 3.8) is 0 Å². The molecular formula is C11H7ClN2. The van der Waals surface area contributed by atoms with Crippen LogP contribution in [0, 0.1) is 0 Å². The summed E-state index contributed by atoms with van der Waals surface area (Å²) in [4.78, 5) is 4.34. The monoisotopic (exact) mass is 202 g/mol. The molecule has 0 saturated carbocycles. The summed E-state index contributed by atoms with van der Waals surface area (Å²) in [5.74, 6) is 0. The van der Waals surface area contributed by atoms with E-state index < -0.39 is 0 Å². The van der Waals surface area contributed by atoms with Crippen LogP contribution in [0.1, 0.15) is 0 Å². The molecule has 14 heavy (non-hydrogen) atoms. The van der Waals surface area contributed by atoms with Crippen LogP contribution in [0.5, 0.6) is 0 Å². The van der Waals surface area contributed by atoms with Gasteiger partial charge in [0.05, 0.1) is 22.7 Å². The highest BCUT2D eigenvalue weighted by Crippen LogP contribution is 2.20. The van der Waals surface area contributed by atoms with Gasteiger partial charge in [0.2, 0.25) is 0 Å². The molecule has 2 nitrogen and oxygen atoms in total. The number of benzene rings is 1. The second-order valence-corrected chi connectivity index (χ2v) is 3.55. The Morgan fingerprint density at radius 3 is 2.86 bits per heavy atom. The quantitative estimate of drug-likeness (QED) is 0.548. The van der Waals surface area contributed by atoms with Crippen LogP contribution in [0.3, 0.4) is 0 Å². The van der Waals surface area contributed by atoms with Crippen LogP contribution in [0.2, 0.25) is 5.15 Å². The van der Waals surface area contributed by atoms with E-state index in [4.69, 9.17) is 11.6 Å². The molecule has 3 heteroatoms. The van der Waals surface area contributed by atoms with Gasteiger partial charge in [0.15, 0.2) is 0 Å². The van der Waals surface area contributed by atoms with Crippen molar-refractivity contribution in [3.05, 3.63) is 47.7 Å². The van der Waals surface area contributed by atoms with Gasteiger partial charge in [-0.05, 0) is 24.3 Å². The Morgan fingerprint density at radius 1 is 1.07 bits per heavy atom. The van der Waals surface area contributed by atoms with E-state index in [0.29, 0.717) is 0 Å². The van der Waals surface area contributed by atoms with Gasteiger partial charge >= 0.3 is 0 Å². The SMILES string of the molecule is Clc1ccc2cnc3ccccc3n12. The third-order valence-electron chi connectivity index (χ3n) is 2.32. The summed E-state index contributed by atoms with van der Waals surface area (Å²) < 4.78 is 1.99. The van der Waals surface area contributed by atoms with Crippen LogP contribution < -0.4 is 0 Å². The lowest BCUT2D eigenvalue weighted by Gasteiger charge is -2.02. The van der Waals surface area contributed by atoms with Gasteiger partial charge < -0.3 is 0 Å². The summed E-state index contributed by atoms with van der Waals surface area (Å²) in [5, 5.41) is 0.721. The maximum absolute atomic E-state index is 6.09. The fourth-order valence-corrected chi connectivity index (χ4v) is 1.93. The first kappa shape index (κ1) is 7.83. The molecule has 1 aromatic carbocycles. The minimum Gasteiger partial charge on any atom is -0.297 e. The first-order chi connectivity index (χ1) is 6.86. The molecule has 0 aliphatic heterocycles. The fraction of sp³-hybridized carbons (Fsp3) is 0. The Hall–Kier alpha value is -1.54. The summed E-state index contributed by atoms with van der Waals surface area (Å²) in [6, 6.07) is 11.8. The van der Waals surface area contributed by atoms with E-state index in [-0.39, 0.29) is 0 Å². The Balaban J connectivity index is 2.65. The van der Waals surface area contributed by atoms with Crippen LogP contribution in [-0.2, 0) is 0 Å². The molecule has 0 unspecified atom stereocenters. The van der Waals surface area contributed by atoms with Crippen molar-refractivity contribution in [1.29, 1.82) is 0 Å². The third kappa shape index (κ3) is 0.946. The van der Waals surface area contributed by atoms with Gasteiger partial charge in [-0.2, -0.15) is 0 Å². The number of halogens is 1. The highest BCUT2D eigenvalue weighted by molar-refractivity contribution is 6.30. The summed E-state index contributed by atoms with van der Waals surface area (Å²) >= 11 is 6.09. The zero-order chi connectivity index (χ0) is 9.54. The topological polar surface area (TPSA) is 17.3 Å². The van der Waals surface area contributed by atoms with E-state index >= 15 is 0 Å². The van der Waals surface area contributed by atoms with E-state index in [2.05, 4.69) is 4.98 Å². The normalized spacial score (nSPS) is 11.2. The van der Waals surface area contributed by atoms with Gasteiger partial charge in [0.25, 0.3) is 0 Å². The lowest BCUT2D eigenvalue weighted by molar-refractivity contribution is 1.23. The van der Waals surface area contributed by atoms with Crippen LogP contribution >= 0.6 is 11.6 Å². The summed E-state index contributed by atoms with van der Waals surface area (Å²) in [6.45, 7) is 0. The second-order valence-electron chi connectivity index (χ2n) is 3.16. The van der Waals surface area contributed by atoms with Gasteiger partial charge in [0, 0.05) is 0 Å².